The minimum atomic E-state index is 0.636. The molecule has 2 aromatic heterocycles. The highest BCUT2D eigenvalue weighted by molar-refractivity contribution is 6.26. The van der Waals surface area contributed by atoms with Crippen molar-refractivity contribution in [3.05, 3.63) is 224 Å². The second-order valence-electron chi connectivity index (χ2n) is 16.7. The van der Waals surface area contributed by atoms with Crippen molar-refractivity contribution < 1.29 is 4.42 Å². The van der Waals surface area contributed by atoms with Crippen LogP contribution in [0.15, 0.2) is 229 Å². The van der Waals surface area contributed by atoms with Crippen LogP contribution >= 0.6 is 0 Å². The zero-order chi connectivity index (χ0) is 42.8. The van der Waals surface area contributed by atoms with Gasteiger partial charge in [-0.25, -0.2) is 15.0 Å². The number of rotatable bonds is 6. The van der Waals surface area contributed by atoms with Crippen molar-refractivity contribution in [2.45, 2.75) is 0 Å². The third-order valence-electron chi connectivity index (χ3n) is 12.9. The Morgan fingerprint density at radius 3 is 1.26 bits per heavy atom. The van der Waals surface area contributed by atoms with Crippen molar-refractivity contribution in [2.24, 2.45) is 0 Å². The fourth-order valence-corrected chi connectivity index (χ4v) is 9.72. The maximum Gasteiger partial charge on any atom is 0.164 e. The molecule has 0 atom stereocenters. The Hall–Kier alpha value is -8.73. The van der Waals surface area contributed by atoms with Crippen molar-refractivity contribution in [3.63, 3.8) is 0 Å². The molecule has 13 rings (SSSR count). The number of benzene rings is 11. The third kappa shape index (κ3) is 6.26. The summed E-state index contributed by atoms with van der Waals surface area (Å²) >= 11 is 0. The molecule has 13 aromatic rings. The Labute approximate surface area is 374 Å². The molecule has 0 radical (unpaired) electrons. The quantitative estimate of drug-likeness (QED) is 0.157. The molecule has 11 aromatic carbocycles. The van der Waals surface area contributed by atoms with Gasteiger partial charge in [-0.05, 0) is 101 Å². The lowest BCUT2D eigenvalue weighted by molar-refractivity contribution is 0.673. The zero-order valence-corrected chi connectivity index (χ0v) is 35.1. The highest BCUT2D eigenvalue weighted by atomic mass is 16.3. The molecule has 0 aliphatic rings. The van der Waals surface area contributed by atoms with Crippen LogP contribution in [-0.4, -0.2) is 15.0 Å². The molecular weight excluding hydrogens is 791 g/mol. The summed E-state index contributed by atoms with van der Waals surface area (Å²) in [7, 11) is 0. The van der Waals surface area contributed by atoms with Crippen LogP contribution in [0.1, 0.15) is 0 Å². The van der Waals surface area contributed by atoms with Crippen LogP contribution in [0.4, 0.5) is 0 Å². The van der Waals surface area contributed by atoms with Gasteiger partial charge < -0.3 is 4.42 Å². The van der Waals surface area contributed by atoms with E-state index in [0.717, 1.165) is 77.2 Å². The van der Waals surface area contributed by atoms with Crippen molar-refractivity contribution in [1.29, 1.82) is 0 Å². The predicted molar refractivity (Wildman–Crippen MR) is 270 cm³/mol. The minimum Gasteiger partial charge on any atom is -0.455 e. The predicted octanol–water partition coefficient (Wildman–Crippen LogP) is 16.4. The van der Waals surface area contributed by atoms with E-state index >= 15 is 0 Å². The number of aromatic nitrogens is 3. The lowest BCUT2D eigenvalue weighted by Crippen LogP contribution is -2.00. The molecular formula is C61H37N3O. The first kappa shape index (κ1) is 36.9. The van der Waals surface area contributed by atoms with Crippen molar-refractivity contribution in [2.75, 3.05) is 0 Å². The molecule has 302 valence electrons. The fourth-order valence-electron chi connectivity index (χ4n) is 9.72. The molecule has 0 fully saturated rings. The number of hydrogen-bond acceptors (Lipinski definition) is 4. The molecule has 4 nitrogen and oxygen atoms in total. The zero-order valence-electron chi connectivity index (χ0n) is 35.1. The summed E-state index contributed by atoms with van der Waals surface area (Å²) in [6, 6.07) is 79.5. The monoisotopic (exact) mass is 827 g/mol. The van der Waals surface area contributed by atoms with Crippen LogP contribution in [0.25, 0.3) is 133 Å². The van der Waals surface area contributed by atoms with Crippen LogP contribution in [0, 0.1) is 0 Å². The smallest absolute Gasteiger partial charge is 0.164 e. The lowest BCUT2D eigenvalue weighted by atomic mass is 9.91. The summed E-state index contributed by atoms with van der Waals surface area (Å²) in [6.07, 6.45) is 0. The van der Waals surface area contributed by atoms with Gasteiger partial charge in [-0.1, -0.05) is 194 Å². The van der Waals surface area contributed by atoms with Gasteiger partial charge in [-0.15, -0.1) is 0 Å². The summed E-state index contributed by atoms with van der Waals surface area (Å²) in [5, 5.41) is 12.1. The van der Waals surface area contributed by atoms with Gasteiger partial charge in [0.1, 0.15) is 11.2 Å². The molecule has 0 spiro atoms. The van der Waals surface area contributed by atoms with Crippen molar-refractivity contribution in [3.8, 4) is 67.5 Å². The molecule has 0 unspecified atom stereocenters. The molecule has 0 bridgehead atoms. The number of nitrogens with zero attached hydrogens (tertiary/aromatic N) is 3. The normalized spacial score (nSPS) is 11.7. The SMILES string of the molecule is c1ccc(-c2nc(-c3ccccc3)nc(-c3ccc(-c4cccc(-c5cc6c7ccc(-c8ccc9c%10ccccc%10c%10ccccc%10c9c8)cc7oc6c6ccccc56)c4)cc3)n2)cc1. The second kappa shape index (κ2) is 15.0. The summed E-state index contributed by atoms with van der Waals surface area (Å²) in [4.78, 5) is 14.8. The molecule has 0 aliphatic heterocycles. The third-order valence-corrected chi connectivity index (χ3v) is 12.9. The summed E-state index contributed by atoms with van der Waals surface area (Å²) in [5.74, 6) is 1.93. The maximum atomic E-state index is 6.83. The maximum absolute atomic E-state index is 6.83. The van der Waals surface area contributed by atoms with E-state index < -0.39 is 0 Å². The van der Waals surface area contributed by atoms with Gasteiger partial charge in [0, 0.05) is 32.8 Å². The second-order valence-corrected chi connectivity index (χ2v) is 16.7. The molecule has 0 saturated carbocycles. The lowest BCUT2D eigenvalue weighted by Gasteiger charge is -2.12. The first-order valence-electron chi connectivity index (χ1n) is 22.0. The van der Waals surface area contributed by atoms with Crippen molar-refractivity contribution >= 4 is 65.0 Å². The van der Waals surface area contributed by atoms with E-state index in [1.807, 2.05) is 60.7 Å². The van der Waals surface area contributed by atoms with E-state index in [2.05, 4.69) is 164 Å². The minimum absolute atomic E-state index is 0.636. The van der Waals surface area contributed by atoms with E-state index in [1.54, 1.807) is 0 Å². The van der Waals surface area contributed by atoms with E-state index in [1.165, 1.54) is 37.9 Å². The van der Waals surface area contributed by atoms with Crippen LogP contribution in [0.2, 0.25) is 0 Å². The molecule has 0 amide bonds. The van der Waals surface area contributed by atoms with Gasteiger partial charge in [0.05, 0.1) is 0 Å². The standard InChI is InChI=1S/C61H37N3O/c1-3-14-39(15-4-1)59-62-60(40-16-5-2-6-17-40)64-61(63-59)41-28-26-38(27-29-41)42-18-13-19-45(34-42)54-37-56-52-33-31-44(36-57(52)65-58(56)53-25-12-11-24-50(53)54)43-30-32-51-48-22-8-7-20-46(48)47-21-9-10-23-49(47)55(51)35-43/h1-37H. The summed E-state index contributed by atoms with van der Waals surface area (Å²) in [6.45, 7) is 0. The molecule has 0 aliphatic carbocycles. The topological polar surface area (TPSA) is 51.8 Å². The van der Waals surface area contributed by atoms with E-state index in [9.17, 15) is 0 Å². The number of hydrogen-bond donors (Lipinski definition) is 0. The Morgan fingerprint density at radius 2 is 0.646 bits per heavy atom. The average Bonchev–Trinajstić information content (AvgIpc) is 3.77. The van der Waals surface area contributed by atoms with E-state index in [4.69, 9.17) is 19.4 Å². The molecule has 4 heteroatoms. The van der Waals surface area contributed by atoms with Crippen LogP contribution in [0.3, 0.4) is 0 Å². The number of furan rings is 1. The summed E-state index contributed by atoms with van der Waals surface area (Å²) in [5.41, 5.74) is 11.4. The fraction of sp³-hybridized carbons (Fsp3) is 0. The van der Waals surface area contributed by atoms with E-state index in [0.29, 0.717) is 17.5 Å². The van der Waals surface area contributed by atoms with Gasteiger partial charge in [0.2, 0.25) is 0 Å². The van der Waals surface area contributed by atoms with Gasteiger partial charge in [-0.3, -0.25) is 0 Å². The molecule has 0 N–H and O–H groups in total. The Bertz CT molecular complexity index is 3890. The van der Waals surface area contributed by atoms with Gasteiger partial charge in [0.15, 0.2) is 17.5 Å². The molecule has 2 heterocycles. The Kier molecular flexibility index (Phi) is 8.50. The van der Waals surface area contributed by atoms with Crippen LogP contribution in [0.5, 0.6) is 0 Å². The first-order chi connectivity index (χ1) is 32.2. The van der Waals surface area contributed by atoms with Gasteiger partial charge in [-0.2, -0.15) is 0 Å². The highest BCUT2D eigenvalue weighted by Gasteiger charge is 2.18. The highest BCUT2D eigenvalue weighted by Crippen LogP contribution is 2.43. The number of fused-ring (bicyclic) bond motifs is 11. The molecule has 0 saturated heterocycles. The van der Waals surface area contributed by atoms with Crippen LogP contribution < -0.4 is 0 Å². The van der Waals surface area contributed by atoms with E-state index in [-0.39, 0.29) is 0 Å². The molecule has 65 heavy (non-hydrogen) atoms. The average molecular weight is 828 g/mol. The van der Waals surface area contributed by atoms with Gasteiger partial charge in [0.25, 0.3) is 0 Å². The van der Waals surface area contributed by atoms with Crippen molar-refractivity contribution in [1.82, 2.24) is 15.0 Å². The first-order valence-corrected chi connectivity index (χ1v) is 22.0. The van der Waals surface area contributed by atoms with Crippen LogP contribution in [-0.2, 0) is 0 Å². The van der Waals surface area contributed by atoms with Gasteiger partial charge >= 0.3 is 0 Å². The summed E-state index contributed by atoms with van der Waals surface area (Å²) < 4.78 is 6.83. The Balaban J connectivity index is 0.876. The largest absolute Gasteiger partial charge is 0.455 e. The Morgan fingerprint density at radius 1 is 0.231 bits per heavy atom.